The number of imidazole rings is 1. The molecule has 0 spiro atoms. The summed E-state index contributed by atoms with van der Waals surface area (Å²) in [6.45, 7) is -11.7. The van der Waals surface area contributed by atoms with E-state index in [1.165, 1.54) is 12.8 Å². The molecule has 1 rings (SSSR count). The molecule has 34 heavy (non-hydrogen) atoms. The second-order valence-corrected chi connectivity index (χ2v) is 10.9. The van der Waals surface area contributed by atoms with Gasteiger partial charge in [-0.25, -0.2) is 4.57 Å². The van der Waals surface area contributed by atoms with Crippen LogP contribution in [0.1, 0.15) is 19.8 Å². The van der Waals surface area contributed by atoms with Crippen LogP contribution in [0.15, 0.2) is 18.7 Å². The predicted octanol–water partition coefficient (Wildman–Crippen LogP) is 8.30. The summed E-state index contributed by atoms with van der Waals surface area (Å²) in [7, 11) is 0. The number of rotatable bonds is 6. The quantitative estimate of drug-likeness (QED) is 0.202. The van der Waals surface area contributed by atoms with Gasteiger partial charge < -0.3 is 0 Å². The van der Waals surface area contributed by atoms with Crippen molar-refractivity contribution in [1.82, 2.24) is 4.98 Å². The molecular weight excluding hydrogens is 557 g/mol. The number of hydrogen-bond donors (Lipinski definition) is 1. The zero-order valence-corrected chi connectivity index (χ0v) is 16.9. The maximum atomic E-state index is 13.4. The SMILES string of the molecule is CCCC[n+]1cc[nH]c1.FC(F)(F)C(F)(F)[P-](F)(F)(F)(C(F)(F)C(F)(F)F)C(F)(F)C(F)(F)F. The number of aryl methyl sites for hydroxylation is 1. The fourth-order valence-electron chi connectivity index (χ4n) is 2.14. The van der Waals surface area contributed by atoms with E-state index in [1.54, 1.807) is 0 Å². The van der Waals surface area contributed by atoms with Gasteiger partial charge in [-0.15, -0.1) is 0 Å². The van der Waals surface area contributed by atoms with Gasteiger partial charge in [-0.3, -0.25) is 4.98 Å². The van der Waals surface area contributed by atoms with Crippen molar-refractivity contribution < 1.29 is 83.0 Å². The van der Waals surface area contributed by atoms with Gasteiger partial charge in [-0.05, 0) is 6.42 Å². The summed E-state index contributed by atoms with van der Waals surface area (Å²) in [5.41, 5.74) is -29.3. The van der Waals surface area contributed by atoms with Crippen LogP contribution in [0.3, 0.4) is 0 Å². The van der Waals surface area contributed by atoms with E-state index in [2.05, 4.69) is 22.7 Å². The van der Waals surface area contributed by atoms with Crippen molar-refractivity contribution in [1.29, 1.82) is 0 Å². The van der Waals surface area contributed by atoms with E-state index in [0.717, 1.165) is 6.54 Å². The third-order valence-electron chi connectivity index (χ3n) is 4.19. The summed E-state index contributed by atoms with van der Waals surface area (Å²) in [5.74, 6) is 0. The van der Waals surface area contributed by atoms with Gasteiger partial charge in [0.25, 0.3) is 0 Å². The number of unbranched alkanes of at least 4 members (excludes halogenated alkanes) is 1. The fourth-order valence-corrected chi connectivity index (χ4v) is 4.82. The average molecular weight is 570 g/mol. The van der Waals surface area contributed by atoms with Gasteiger partial charge in [-0.1, -0.05) is 13.3 Å². The standard InChI is InChI=1S/C7H12N2.C6F18P/c1-2-3-5-9-6-4-8-7-9;7-1(8,9)4(16,17)25(22,23,24,5(18,19)2(10,11)12)6(20,21)3(13,14)15/h4,6-7H,2-3,5H2,1H3;/q;-1/p+1. The van der Waals surface area contributed by atoms with Gasteiger partial charge in [0.2, 0.25) is 6.33 Å². The molecule has 0 bridgehead atoms. The second kappa shape index (κ2) is 8.21. The summed E-state index contributed by atoms with van der Waals surface area (Å²) >= 11 is 0. The van der Waals surface area contributed by atoms with Crippen LogP contribution in [0.4, 0.5) is 78.4 Å². The molecule has 1 N–H and O–H groups in total. The van der Waals surface area contributed by atoms with Crippen LogP contribution in [0.2, 0.25) is 0 Å². The molecule has 0 atom stereocenters. The summed E-state index contributed by atoms with van der Waals surface area (Å²) in [6, 6.07) is 0. The van der Waals surface area contributed by atoms with E-state index in [1.807, 2.05) is 12.5 Å². The first-order valence-electron chi connectivity index (χ1n) is 8.21. The van der Waals surface area contributed by atoms with Crippen molar-refractivity contribution in [2.75, 3.05) is 0 Å². The number of nitrogens with zero attached hydrogens (tertiary/aromatic N) is 1. The number of hydrogen-bond acceptors (Lipinski definition) is 0. The van der Waals surface area contributed by atoms with Crippen LogP contribution in [0.5, 0.6) is 0 Å². The Hall–Kier alpha value is -1.62. The van der Waals surface area contributed by atoms with Crippen LogP contribution in [-0.4, -0.2) is 40.5 Å². The molecule has 0 aliphatic rings. The number of nitrogens with one attached hydrogen (secondary N) is 1. The zero-order valence-electron chi connectivity index (χ0n) is 16.1. The van der Waals surface area contributed by atoms with Gasteiger partial charge >= 0.3 is 121 Å². The summed E-state index contributed by atoms with van der Waals surface area (Å²) in [5, 5.41) is 0. The monoisotopic (exact) mass is 570 g/mol. The molecule has 0 saturated heterocycles. The van der Waals surface area contributed by atoms with Crippen LogP contribution < -0.4 is 4.57 Å². The molecule has 0 amide bonds. The number of H-pyrrole nitrogens is 1. The fraction of sp³-hybridized carbons (Fsp3) is 0.769. The van der Waals surface area contributed by atoms with Gasteiger partial charge in [0.05, 0.1) is 6.54 Å². The normalized spacial score (nSPS) is 16.9. The maximum absolute atomic E-state index is 15.0. The van der Waals surface area contributed by atoms with Crippen molar-refractivity contribution in [3.63, 3.8) is 0 Å². The molecule has 1 aromatic heterocycles. The Labute approximate surface area is 176 Å². The van der Waals surface area contributed by atoms with E-state index in [4.69, 9.17) is 0 Å². The van der Waals surface area contributed by atoms with Gasteiger partial charge in [-0.2, -0.15) is 0 Å². The molecule has 2 nitrogen and oxygen atoms in total. The van der Waals surface area contributed by atoms with Crippen LogP contribution in [0, 0.1) is 0 Å². The zero-order chi connectivity index (χ0) is 27.9. The minimum atomic E-state index is -15.0. The van der Waals surface area contributed by atoms with Gasteiger partial charge in [0.15, 0.2) is 0 Å². The first-order chi connectivity index (χ1) is 14.5. The average Bonchev–Trinajstić information content (AvgIpc) is 3.10. The Kier molecular flexibility index (Phi) is 7.82. The molecule has 0 fully saturated rings. The van der Waals surface area contributed by atoms with Crippen molar-refractivity contribution in [3.05, 3.63) is 18.7 Å². The van der Waals surface area contributed by atoms with Crippen molar-refractivity contribution in [3.8, 4) is 0 Å². The topological polar surface area (TPSA) is 19.7 Å². The molecule has 0 aliphatic carbocycles. The molecule has 1 heterocycles. The van der Waals surface area contributed by atoms with Crippen molar-refractivity contribution in [2.24, 2.45) is 0 Å². The summed E-state index contributed by atoms with van der Waals surface area (Å²) in [6.07, 6.45) is -17.6. The first kappa shape index (κ1) is 32.4. The molecular formula is C13H13F18N2P. The molecule has 206 valence electrons. The molecule has 0 aliphatic heterocycles. The third-order valence-corrected chi connectivity index (χ3v) is 8.55. The summed E-state index contributed by atoms with van der Waals surface area (Å²) < 4.78 is 225. The molecule has 0 radical (unpaired) electrons. The van der Waals surface area contributed by atoms with E-state index in [0.29, 0.717) is 0 Å². The van der Waals surface area contributed by atoms with E-state index in [-0.39, 0.29) is 0 Å². The number of aromatic amines is 1. The Morgan fingerprint density at radius 3 is 1.18 bits per heavy atom. The van der Waals surface area contributed by atoms with Gasteiger partial charge in [0, 0.05) is 0 Å². The van der Waals surface area contributed by atoms with Crippen molar-refractivity contribution >= 4 is 6.88 Å². The molecule has 0 saturated carbocycles. The number of halogens is 18. The Morgan fingerprint density at radius 2 is 0.971 bits per heavy atom. The third kappa shape index (κ3) is 3.96. The molecule has 0 unspecified atom stereocenters. The van der Waals surface area contributed by atoms with Crippen LogP contribution >= 0.6 is 6.88 Å². The van der Waals surface area contributed by atoms with Crippen LogP contribution in [-0.2, 0) is 6.54 Å². The number of alkyl halides is 15. The van der Waals surface area contributed by atoms with E-state index in [9.17, 15) is 78.4 Å². The molecule has 1 aromatic rings. The van der Waals surface area contributed by atoms with E-state index < -0.39 is 42.4 Å². The second-order valence-electron chi connectivity index (χ2n) is 6.61. The Bertz CT molecular complexity index is 746. The Morgan fingerprint density at radius 1 is 0.647 bits per heavy atom. The first-order valence-corrected chi connectivity index (χ1v) is 10.6. The van der Waals surface area contributed by atoms with Gasteiger partial charge in [0.1, 0.15) is 12.4 Å². The minimum absolute atomic E-state index is 1.14. The Balaban J connectivity index is 0.000000999. The van der Waals surface area contributed by atoms with Crippen molar-refractivity contribution in [2.45, 2.75) is 61.8 Å². The molecule has 0 aromatic carbocycles. The predicted molar refractivity (Wildman–Crippen MR) is 79.1 cm³/mol. The molecule has 21 heteroatoms. The number of aromatic nitrogens is 2. The summed E-state index contributed by atoms with van der Waals surface area (Å²) in [4.78, 5) is 3.00. The van der Waals surface area contributed by atoms with Crippen LogP contribution in [0.25, 0.3) is 0 Å². The van der Waals surface area contributed by atoms with E-state index >= 15 is 0 Å².